The Balaban J connectivity index is 1.61. The van der Waals surface area contributed by atoms with Crippen LogP contribution in [0.3, 0.4) is 0 Å². The summed E-state index contributed by atoms with van der Waals surface area (Å²) in [6, 6.07) is 16.0. The van der Waals surface area contributed by atoms with E-state index < -0.39 is 0 Å². The van der Waals surface area contributed by atoms with Gasteiger partial charge in [0.25, 0.3) is 5.78 Å². The number of aryl methyl sites for hydroxylation is 4. The van der Waals surface area contributed by atoms with E-state index in [1.165, 1.54) is 5.56 Å². The molecule has 0 bridgehead atoms. The summed E-state index contributed by atoms with van der Waals surface area (Å²) in [7, 11) is 0. The van der Waals surface area contributed by atoms with E-state index in [-0.39, 0.29) is 12.3 Å². The fraction of sp³-hybridized carbons (Fsp3) is 0.250. The Morgan fingerprint density at radius 3 is 2.50 bits per heavy atom. The van der Waals surface area contributed by atoms with Crippen LogP contribution in [0.25, 0.3) is 17.2 Å². The van der Waals surface area contributed by atoms with Gasteiger partial charge in [0.05, 0.1) is 6.42 Å². The highest BCUT2D eigenvalue weighted by Crippen LogP contribution is 2.20. The maximum Gasteiger partial charge on any atom is 0.253 e. The first-order valence-electron chi connectivity index (χ1n) is 10.1. The van der Waals surface area contributed by atoms with Gasteiger partial charge in [0.1, 0.15) is 0 Å². The molecular formula is C24H25N5O. The van der Waals surface area contributed by atoms with Crippen LogP contribution in [-0.2, 0) is 17.6 Å². The average Bonchev–Trinajstić information content (AvgIpc) is 3.16. The Hall–Kier alpha value is -3.54. The minimum absolute atomic E-state index is 0.0781. The van der Waals surface area contributed by atoms with Crippen LogP contribution in [0.5, 0.6) is 0 Å². The zero-order chi connectivity index (χ0) is 21.3. The monoisotopic (exact) mass is 399 g/mol. The smallest absolute Gasteiger partial charge is 0.253 e. The molecule has 0 aliphatic rings. The van der Waals surface area contributed by atoms with E-state index in [4.69, 9.17) is 0 Å². The number of hydrogen-bond acceptors (Lipinski definition) is 4. The number of aromatic nitrogens is 4. The average molecular weight is 399 g/mol. The molecule has 4 aromatic rings. The first-order valence-corrected chi connectivity index (χ1v) is 10.1. The number of hydrogen-bond donors (Lipinski definition) is 1. The minimum atomic E-state index is -0.0781. The maximum atomic E-state index is 12.7. The van der Waals surface area contributed by atoms with Crippen molar-refractivity contribution in [1.29, 1.82) is 0 Å². The lowest BCUT2D eigenvalue weighted by atomic mass is 10.1. The summed E-state index contributed by atoms with van der Waals surface area (Å²) >= 11 is 0. The molecule has 0 aliphatic heterocycles. The molecule has 4 rings (SSSR count). The van der Waals surface area contributed by atoms with Gasteiger partial charge in [0, 0.05) is 28.2 Å². The third-order valence-corrected chi connectivity index (χ3v) is 5.31. The molecule has 1 N–H and O–H groups in total. The molecule has 0 fully saturated rings. The minimum Gasteiger partial charge on any atom is -0.326 e. The zero-order valence-electron chi connectivity index (χ0n) is 17.7. The van der Waals surface area contributed by atoms with Gasteiger partial charge >= 0.3 is 0 Å². The molecule has 30 heavy (non-hydrogen) atoms. The number of nitrogens with one attached hydrogen (secondary N) is 1. The summed E-state index contributed by atoms with van der Waals surface area (Å²) in [6.45, 7) is 8.01. The predicted molar refractivity (Wildman–Crippen MR) is 119 cm³/mol. The van der Waals surface area contributed by atoms with E-state index in [0.717, 1.165) is 40.2 Å². The summed E-state index contributed by atoms with van der Waals surface area (Å²) in [4.78, 5) is 21.8. The van der Waals surface area contributed by atoms with E-state index >= 15 is 0 Å². The van der Waals surface area contributed by atoms with Crippen LogP contribution in [0.15, 0.2) is 48.5 Å². The third-order valence-electron chi connectivity index (χ3n) is 5.31. The summed E-state index contributed by atoms with van der Waals surface area (Å²) in [5, 5.41) is 7.62. The molecule has 0 unspecified atom stereocenters. The van der Waals surface area contributed by atoms with Crippen LogP contribution >= 0.6 is 0 Å². The molecule has 2 heterocycles. The molecule has 2 aromatic heterocycles. The zero-order valence-corrected chi connectivity index (χ0v) is 17.7. The SMILES string of the molecule is CCc1ccc(NC(=O)Cc2c(C)nc3nc(-c4cccc(C)c4)nn3c2C)cc1. The van der Waals surface area contributed by atoms with E-state index in [2.05, 4.69) is 33.4 Å². The normalized spacial score (nSPS) is 11.1. The second kappa shape index (κ2) is 8.06. The largest absolute Gasteiger partial charge is 0.326 e. The van der Waals surface area contributed by atoms with Crippen LogP contribution in [0.1, 0.15) is 35.0 Å². The molecule has 2 aromatic carbocycles. The van der Waals surface area contributed by atoms with Crippen molar-refractivity contribution in [2.45, 2.75) is 40.5 Å². The van der Waals surface area contributed by atoms with Gasteiger partial charge in [0.2, 0.25) is 5.91 Å². The molecule has 0 saturated carbocycles. The number of fused-ring (bicyclic) bond motifs is 1. The molecule has 0 saturated heterocycles. The lowest BCUT2D eigenvalue weighted by Gasteiger charge is -2.11. The van der Waals surface area contributed by atoms with Crippen molar-refractivity contribution in [3.63, 3.8) is 0 Å². The van der Waals surface area contributed by atoms with Crippen LogP contribution in [0.2, 0.25) is 0 Å². The van der Waals surface area contributed by atoms with Crippen LogP contribution in [0, 0.1) is 20.8 Å². The second-order valence-electron chi connectivity index (χ2n) is 7.55. The third kappa shape index (κ3) is 3.94. The van der Waals surface area contributed by atoms with Crippen molar-refractivity contribution in [2.24, 2.45) is 0 Å². The number of benzene rings is 2. The first-order chi connectivity index (χ1) is 14.4. The predicted octanol–water partition coefficient (Wildman–Crippen LogP) is 4.46. The Kier molecular flexibility index (Phi) is 5.31. The van der Waals surface area contributed by atoms with Gasteiger partial charge in [-0.15, -0.1) is 5.10 Å². The lowest BCUT2D eigenvalue weighted by Crippen LogP contribution is -2.17. The number of rotatable bonds is 5. The Morgan fingerprint density at radius 2 is 1.80 bits per heavy atom. The van der Waals surface area contributed by atoms with Gasteiger partial charge < -0.3 is 5.32 Å². The van der Waals surface area contributed by atoms with E-state index in [0.29, 0.717) is 11.6 Å². The van der Waals surface area contributed by atoms with Gasteiger partial charge in [0.15, 0.2) is 5.82 Å². The Labute approximate surface area is 176 Å². The van der Waals surface area contributed by atoms with Gasteiger partial charge in [-0.25, -0.2) is 9.50 Å². The van der Waals surface area contributed by atoms with E-state index in [1.807, 2.05) is 63.2 Å². The van der Waals surface area contributed by atoms with Crippen molar-refractivity contribution in [3.05, 3.63) is 76.6 Å². The molecule has 1 amide bonds. The quantitative estimate of drug-likeness (QED) is 0.538. The molecule has 6 heteroatoms. The summed E-state index contributed by atoms with van der Waals surface area (Å²) in [5.74, 6) is 1.10. The Bertz CT molecular complexity index is 1220. The molecule has 0 radical (unpaired) electrons. The number of amides is 1. The molecule has 152 valence electrons. The van der Waals surface area contributed by atoms with Crippen LogP contribution < -0.4 is 5.32 Å². The Morgan fingerprint density at radius 1 is 1.03 bits per heavy atom. The molecular weight excluding hydrogens is 374 g/mol. The molecule has 0 spiro atoms. The number of anilines is 1. The molecule has 6 nitrogen and oxygen atoms in total. The lowest BCUT2D eigenvalue weighted by molar-refractivity contribution is -0.115. The van der Waals surface area contributed by atoms with Crippen LogP contribution in [-0.4, -0.2) is 25.5 Å². The second-order valence-corrected chi connectivity index (χ2v) is 7.55. The first kappa shape index (κ1) is 19.8. The van der Waals surface area contributed by atoms with E-state index in [9.17, 15) is 4.79 Å². The fourth-order valence-corrected chi connectivity index (χ4v) is 3.56. The standard InChI is InChI=1S/C24H25N5O/c1-5-18-9-11-20(12-10-18)26-22(30)14-21-16(3)25-24-27-23(28-29(24)17(21)4)19-8-6-7-15(2)13-19/h6-13H,5,14H2,1-4H3,(H,26,30). The summed E-state index contributed by atoms with van der Waals surface area (Å²) < 4.78 is 1.73. The van der Waals surface area contributed by atoms with Gasteiger partial charge in [-0.2, -0.15) is 4.98 Å². The topological polar surface area (TPSA) is 72.2 Å². The van der Waals surface area contributed by atoms with E-state index in [1.54, 1.807) is 4.52 Å². The van der Waals surface area contributed by atoms with Crippen LogP contribution in [0.4, 0.5) is 5.69 Å². The maximum absolute atomic E-state index is 12.7. The van der Waals surface area contributed by atoms with Crippen molar-refractivity contribution < 1.29 is 4.79 Å². The number of nitrogens with zero attached hydrogens (tertiary/aromatic N) is 4. The van der Waals surface area contributed by atoms with Crippen molar-refractivity contribution in [2.75, 3.05) is 5.32 Å². The highest BCUT2D eigenvalue weighted by atomic mass is 16.1. The highest BCUT2D eigenvalue weighted by Gasteiger charge is 2.17. The van der Waals surface area contributed by atoms with Gasteiger partial charge in [-0.1, -0.05) is 42.8 Å². The van der Waals surface area contributed by atoms with Crippen molar-refractivity contribution in [1.82, 2.24) is 19.6 Å². The molecule has 0 aliphatic carbocycles. The fourth-order valence-electron chi connectivity index (χ4n) is 3.56. The number of carbonyl (C=O) groups excluding carboxylic acids is 1. The number of carbonyl (C=O) groups is 1. The summed E-state index contributed by atoms with van der Waals surface area (Å²) in [5.41, 5.74) is 6.67. The van der Waals surface area contributed by atoms with Crippen molar-refractivity contribution >= 4 is 17.4 Å². The molecule has 0 atom stereocenters. The summed E-state index contributed by atoms with van der Waals surface area (Å²) in [6.07, 6.45) is 1.20. The highest BCUT2D eigenvalue weighted by molar-refractivity contribution is 5.92. The van der Waals surface area contributed by atoms with Gasteiger partial charge in [-0.3, -0.25) is 4.79 Å². The van der Waals surface area contributed by atoms with Gasteiger partial charge in [-0.05, 0) is 51.0 Å². The van der Waals surface area contributed by atoms with Crippen molar-refractivity contribution in [3.8, 4) is 11.4 Å².